The summed E-state index contributed by atoms with van der Waals surface area (Å²) >= 11 is 0. The minimum absolute atomic E-state index is 0.181. The zero-order chi connectivity index (χ0) is 22.2. The third-order valence-corrected chi connectivity index (χ3v) is 5.17. The lowest BCUT2D eigenvalue weighted by Gasteiger charge is -2.12. The number of carbonyl (C=O) groups excluding carboxylic acids is 1. The predicted octanol–water partition coefficient (Wildman–Crippen LogP) is 2.91. The molecule has 1 amide bonds. The van der Waals surface area contributed by atoms with Gasteiger partial charge in [-0.15, -0.1) is 0 Å². The first-order chi connectivity index (χ1) is 15.6. The average Bonchev–Trinajstić information content (AvgIpc) is 3.45. The van der Waals surface area contributed by atoms with Crippen molar-refractivity contribution >= 4 is 23.0 Å². The number of hydrogen-bond donors (Lipinski definition) is 2. The molecule has 0 fully saturated rings. The van der Waals surface area contributed by atoms with Gasteiger partial charge in [0, 0.05) is 30.1 Å². The monoisotopic (exact) mass is 422 g/mol. The summed E-state index contributed by atoms with van der Waals surface area (Å²) in [5.41, 5.74) is 11.1. The maximum Gasteiger partial charge on any atom is 0.271 e. The molecule has 3 N–H and O–H groups in total. The van der Waals surface area contributed by atoms with Crippen molar-refractivity contribution in [2.45, 2.75) is 6.92 Å². The lowest BCUT2D eigenvalue weighted by Crippen LogP contribution is -2.22. The Balaban J connectivity index is 1.88. The number of nitrogens with zero attached hydrogens (tertiary/aromatic N) is 6. The summed E-state index contributed by atoms with van der Waals surface area (Å²) < 4.78 is 3.36. The van der Waals surface area contributed by atoms with Crippen LogP contribution in [0.3, 0.4) is 0 Å². The van der Waals surface area contributed by atoms with E-state index in [-0.39, 0.29) is 17.5 Å². The molecule has 0 atom stereocenters. The van der Waals surface area contributed by atoms with Crippen LogP contribution in [0.2, 0.25) is 0 Å². The molecule has 4 heterocycles. The first-order valence-corrected chi connectivity index (χ1v) is 10.0. The van der Waals surface area contributed by atoms with Crippen molar-refractivity contribution in [3.05, 3.63) is 72.3 Å². The van der Waals surface area contributed by atoms with Crippen LogP contribution in [0.5, 0.6) is 0 Å². The highest BCUT2D eigenvalue weighted by atomic mass is 16.1. The summed E-state index contributed by atoms with van der Waals surface area (Å²) in [7, 11) is 0. The fourth-order valence-corrected chi connectivity index (χ4v) is 3.74. The molecule has 5 rings (SSSR count). The molecule has 0 saturated heterocycles. The molecular weight excluding hydrogens is 404 g/mol. The maximum absolute atomic E-state index is 12.5. The van der Waals surface area contributed by atoms with Gasteiger partial charge in [0.05, 0.1) is 34.6 Å². The number of nitriles is 1. The van der Waals surface area contributed by atoms with Crippen molar-refractivity contribution in [2.75, 3.05) is 12.3 Å². The highest BCUT2D eigenvalue weighted by molar-refractivity contribution is 5.99. The van der Waals surface area contributed by atoms with E-state index in [0.29, 0.717) is 34.6 Å². The van der Waals surface area contributed by atoms with Crippen LogP contribution in [0.15, 0.2) is 61.1 Å². The molecular formula is C23H18N8O. The summed E-state index contributed by atoms with van der Waals surface area (Å²) in [4.78, 5) is 21.7. The third kappa shape index (κ3) is 3.02. The second-order valence-corrected chi connectivity index (χ2v) is 7.15. The van der Waals surface area contributed by atoms with Crippen LogP contribution in [0.1, 0.15) is 23.0 Å². The Morgan fingerprint density at radius 2 is 2.09 bits per heavy atom. The Labute approximate surface area is 182 Å². The van der Waals surface area contributed by atoms with E-state index in [9.17, 15) is 10.1 Å². The van der Waals surface area contributed by atoms with Gasteiger partial charge in [0.1, 0.15) is 5.69 Å². The number of pyridine rings is 1. The number of rotatable bonds is 4. The lowest BCUT2D eigenvalue weighted by atomic mass is 10.00. The van der Waals surface area contributed by atoms with E-state index >= 15 is 0 Å². The van der Waals surface area contributed by atoms with Crippen LogP contribution in [-0.4, -0.2) is 36.4 Å². The molecule has 9 nitrogen and oxygen atoms in total. The van der Waals surface area contributed by atoms with Gasteiger partial charge in [0.2, 0.25) is 5.95 Å². The molecule has 0 aliphatic heterocycles. The molecule has 5 aromatic rings. The molecule has 156 valence electrons. The van der Waals surface area contributed by atoms with E-state index in [1.807, 2.05) is 37.4 Å². The van der Waals surface area contributed by atoms with E-state index in [4.69, 9.17) is 5.73 Å². The number of benzene rings is 1. The SMILES string of the molecule is CCNC(=O)c1cn2c(N)nc(-c3cccc(C#N)c3)c(-c3cnn4ccccc34)c2n1. The van der Waals surface area contributed by atoms with Crippen LogP contribution < -0.4 is 11.1 Å². The molecule has 0 saturated carbocycles. The van der Waals surface area contributed by atoms with Crippen molar-refractivity contribution in [3.63, 3.8) is 0 Å². The van der Waals surface area contributed by atoms with Gasteiger partial charge < -0.3 is 11.1 Å². The first-order valence-electron chi connectivity index (χ1n) is 10.0. The van der Waals surface area contributed by atoms with Gasteiger partial charge >= 0.3 is 0 Å². The maximum atomic E-state index is 12.5. The van der Waals surface area contributed by atoms with Crippen LogP contribution in [0.4, 0.5) is 5.95 Å². The number of nitrogens with two attached hydrogens (primary N) is 1. The molecule has 0 radical (unpaired) electrons. The zero-order valence-corrected chi connectivity index (χ0v) is 17.1. The summed E-state index contributed by atoms with van der Waals surface area (Å²) in [6, 6.07) is 15.0. The standard InChI is InChI=1S/C23H18N8O/c1-2-26-22(32)17-13-30-21(28-17)19(16-12-27-31-9-4-3-8-18(16)31)20(29-23(30)25)15-7-5-6-14(10-15)11-24/h3-10,12-13H,2H2,1H3,(H2,25,29)(H,26,32). The van der Waals surface area contributed by atoms with E-state index in [1.165, 1.54) is 0 Å². The van der Waals surface area contributed by atoms with Crippen LogP contribution in [-0.2, 0) is 0 Å². The predicted molar refractivity (Wildman–Crippen MR) is 120 cm³/mol. The molecule has 0 spiro atoms. The largest absolute Gasteiger partial charge is 0.369 e. The average molecular weight is 422 g/mol. The summed E-state index contributed by atoms with van der Waals surface area (Å²) in [5, 5.41) is 16.6. The third-order valence-electron chi connectivity index (χ3n) is 5.17. The summed E-state index contributed by atoms with van der Waals surface area (Å²) in [5.74, 6) is -0.116. The lowest BCUT2D eigenvalue weighted by molar-refractivity contribution is 0.0951. The van der Waals surface area contributed by atoms with Crippen molar-refractivity contribution < 1.29 is 4.79 Å². The molecule has 1 aromatic carbocycles. The smallest absolute Gasteiger partial charge is 0.271 e. The van der Waals surface area contributed by atoms with E-state index in [2.05, 4.69) is 26.5 Å². The van der Waals surface area contributed by atoms with Crippen molar-refractivity contribution in [1.29, 1.82) is 5.26 Å². The Morgan fingerprint density at radius 3 is 2.91 bits per heavy atom. The quantitative estimate of drug-likeness (QED) is 0.459. The minimum Gasteiger partial charge on any atom is -0.369 e. The van der Waals surface area contributed by atoms with Gasteiger partial charge in [-0.1, -0.05) is 18.2 Å². The number of anilines is 1. The fraction of sp³-hybridized carbons (Fsp3) is 0.0870. The highest BCUT2D eigenvalue weighted by Gasteiger charge is 2.23. The molecule has 9 heteroatoms. The number of nitrogens with one attached hydrogen (secondary N) is 1. The van der Waals surface area contributed by atoms with E-state index in [0.717, 1.165) is 11.1 Å². The van der Waals surface area contributed by atoms with Crippen molar-refractivity contribution in [2.24, 2.45) is 0 Å². The van der Waals surface area contributed by atoms with Gasteiger partial charge in [-0.3, -0.25) is 9.20 Å². The van der Waals surface area contributed by atoms with Gasteiger partial charge in [-0.2, -0.15) is 10.4 Å². The molecule has 0 aliphatic carbocycles. The Hall–Kier alpha value is -4.71. The number of aromatic nitrogens is 5. The molecule has 4 aromatic heterocycles. The zero-order valence-electron chi connectivity index (χ0n) is 17.1. The van der Waals surface area contributed by atoms with Crippen molar-refractivity contribution in [3.8, 4) is 28.5 Å². The van der Waals surface area contributed by atoms with Gasteiger partial charge in [-0.05, 0) is 31.2 Å². The molecule has 0 bridgehead atoms. The normalized spacial score (nSPS) is 11.0. The number of imidazole rings is 1. The highest BCUT2D eigenvalue weighted by Crippen LogP contribution is 2.37. The molecule has 0 aliphatic rings. The van der Waals surface area contributed by atoms with E-state index < -0.39 is 0 Å². The molecule has 32 heavy (non-hydrogen) atoms. The van der Waals surface area contributed by atoms with Crippen LogP contribution >= 0.6 is 0 Å². The van der Waals surface area contributed by atoms with Gasteiger partial charge in [0.15, 0.2) is 5.65 Å². The number of carbonyl (C=O) groups is 1. The Bertz CT molecular complexity index is 1540. The topological polar surface area (TPSA) is 126 Å². The number of fused-ring (bicyclic) bond motifs is 2. The number of hydrogen-bond acceptors (Lipinski definition) is 6. The molecule has 0 unspecified atom stereocenters. The van der Waals surface area contributed by atoms with Gasteiger partial charge in [0.25, 0.3) is 5.91 Å². The second kappa shape index (κ2) is 7.52. The fourth-order valence-electron chi connectivity index (χ4n) is 3.74. The van der Waals surface area contributed by atoms with Crippen LogP contribution in [0, 0.1) is 11.3 Å². The Morgan fingerprint density at radius 1 is 1.22 bits per heavy atom. The number of nitrogen functional groups attached to an aromatic ring is 1. The van der Waals surface area contributed by atoms with Crippen molar-refractivity contribution in [1.82, 2.24) is 29.3 Å². The first kappa shape index (κ1) is 19.3. The second-order valence-electron chi connectivity index (χ2n) is 7.15. The number of amides is 1. The van der Waals surface area contributed by atoms with E-state index in [1.54, 1.807) is 39.5 Å². The summed E-state index contributed by atoms with van der Waals surface area (Å²) in [6.07, 6.45) is 5.16. The Kier molecular flexibility index (Phi) is 4.53. The van der Waals surface area contributed by atoms with Gasteiger partial charge in [-0.25, -0.2) is 14.5 Å². The summed E-state index contributed by atoms with van der Waals surface area (Å²) in [6.45, 7) is 2.32. The minimum atomic E-state index is -0.297. The van der Waals surface area contributed by atoms with Crippen LogP contribution in [0.25, 0.3) is 33.5 Å².